The molecule has 168 valence electrons. The van der Waals surface area contributed by atoms with Gasteiger partial charge in [0.2, 0.25) is 0 Å². The van der Waals surface area contributed by atoms with Gasteiger partial charge in [0, 0.05) is 0 Å². The summed E-state index contributed by atoms with van der Waals surface area (Å²) in [5, 5.41) is 0. The van der Waals surface area contributed by atoms with Crippen LogP contribution < -0.4 is 0 Å². The van der Waals surface area contributed by atoms with Crippen LogP contribution in [0.15, 0.2) is 0 Å². The van der Waals surface area contributed by atoms with Crippen molar-refractivity contribution in [1.82, 2.24) is 0 Å². The molecule has 0 aromatic carbocycles. The Morgan fingerprint density at radius 2 is 0.679 bits per heavy atom. The molecule has 0 spiro atoms. The SMILES string of the molecule is CCCCCCC1CO1.CCCCCCCCCCCCCCCCC1CO1. The molecule has 0 bridgehead atoms. The van der Waals surface area contributed by atoms with Gasteiger partial charge in [-0.3, -0.25) is 0 Å². The van der Waals surface area contributed by atoms with Crippen LogP contribution in [0, 0.1) is 0 Å². The van der Waals surface area contributed by atoms with Gasteiger partial charge in [-0.1, -0.05) is 129 Å². The molecule has 2 saturated heterocycles. The van der Waals surface area contributed by atoms with Crippen LogP contribution in [0.1, 0.15) is 142 Å². The Morgan fingerprint density at radius 3 is 0.964 bits per heavy atom. The predicted octanol–water partition coefficient (Wildman–Crippen LogP) is 8.61. The van der Waals surface area contributed by atoms with Gasteiger partial charge in [-0.25, -0.2) is 0 Å². The number of hydrogen-bond donors (Lipinski definition) is 0. The van der Waals surface area contributed by atoms with Gasteiger partial charge in [-0.05, 0) is 12.8 Å². The van der Waals surface area contributed by atoms with E-state index in [0.29, 0.717) is 12.2 Å². The fourth-order valence-electron chi connectivity index (χ4n) is 3.83. The topological polar surface area (TPSA) is 25.1 Å². The lowest BCUT2D eigenvalue weighted by Gasteiger charge is -2.03. The summed E-state index contributed by atoms with van der Waals surface area (Å²) in [6, 6.07) is 0. The van der Waals surface area contributed by atoms with Crippen molar-refractivity contribution >= 4 is 0 Å². The minimum Gasteiger partial charge on any atom is -0.373 e. The van der Waals surface area contributed by atoms with Crippen LogP contribution in [0.5, 0.6) is 0 Å². The Balaban J connectivity index is 0.000000362. The molecule has 2 heteroatoms. The molecule has 2 aliphatic rings. The fourth-order valence-corrected chi connectivity index (χ4v) is 3.83. The highest BCUT2D eigenvalue weighted by Crippen LogP contribution is 2.19. The van der Waals surface area contributed by atoms with Gasteiger partial charge in [-0.15, -0.1) is 0 Å². The maximum absolute atomic E-state index is 5.22. The molecule has 2 aliphatic heterocycles. The third-order valence-electron chi connectivity index (χ3n) is 6.06. The van der Waals surface area contributed by atoms with Gasteiger partial charge in [0.15, 0.2) is 0 Å². The van der Waals surface area contributed by atoms with Crippen LogP contribution in [0.2, 0.25) is 0 Å². The third-order valence-corrected chi connectivity index (χ3v) is 6.06. The zero-order valence-electron chi connectivity index (χ0n) is 19.5. The summed E-state index contributed by atoms with van der Waals surface area (Å²) in [4.78, 5) is 0. The highest BCUT2D eigenvalue weighted by atomic mass is 16.6. The van der Waals surface area contributed by atoms with E-state index >= 15 is 0 Å². The van der Waals surface area contributed by atoms with Gasteiger partial charge in [-0.2, -0.15) is 0 Å². The zero-order valence-corrected chi connectivity index (χ0v) is 19.5. The Labute approximate surface area is 177 Å². The second kappa shape index (κ2) is 20.2. The number of rotatable bonds is 20. The van der Waals surface area contributed by atoms with E-state index in [9.17, 15) is 0 Å². The lowest BCUT2D eigenvalue weighted by atomic mass is 10.0. The minimum absolute atomic E-state index is 0.650. The molecular weight excluding hydrogens is 344 g/mol. The molecule has 28 heavy (non-hydrogen) atoms. The Hall–Kier alpha value is -0.0800. The summed E-state index contributed by atoms with van der Waals surface area (Å²) in [7, 11) is 0. The molecule has 2 rings (SSSR count). The molecule has 2 heterocycles. The molecule has 0 radical (unpaired) electrons. The van der Waals surface area contributed by atoms with Crippen LogP contribution in [-0.4, -0.2) is 25.4 Å². The summed E-state index contributed by atoms with van der Waals surface area (Å²) in [5.41, 5.74) is 0. The van der Waals surface area contributed by atoms with Gasteiger partial charge in [0.1, 0.15) is 0 Å². The Kier molecular flexibility index (Phi) is 18.7. The van der Waals surface area contributed by atoms with Crippen LogP contribution in [0.3, 0.4) is 0 Å². The number of epoxide rings is 2. The normalized spacial score (nSPS) is 19.9. The second-order valence-electron chi connectivity index (χ2n) is 9.14. The smallest absolute Gasteiger partial charge is 0.0810 e. The number of unbranched alkanes of at least 4 members (excludes halogenated alkanes) is 16. The first-order chi connectivity index (χ1) is 13.9. The summed E-state index contributed by atoms with van der Waals surface area (Å²) < 4.78 is 10.3. The molecule has 0 saturated carbocycles. The first-order valence-corrected chi connectivity index (χ1v) is 13.1. The molecule has 0 aromatic heterocycles. The monoisotopic (exact) mass is 396 g/mol. The van der Waals surface area contributed by atoms with Crippen molar-refractivity contribution < 1.29 is 9.47 Å². The molecule has 2 unspecified atom stereocenters. The molecule has 0 aliphatic carbocycles. The first-order valence-electron chi connectivity index (χ1n) is 13.1. The van der Waals surface area contributed by atoms with E-state index in [0.717, 1.165) is 13.2 Å². The van der Waals surface area contributed by atoms with E-state index in [1.54, 1.807) is 0 Å². The second-order valence-corrected chi connectivity index (χ2v) is 9.14. The maximum atomic E-state index is 5.22. The van der Waals surface area contributed by atoms with Crippen molar-refractivity contribution in [2.24, 2.45) is 0 Å². The lowest BCUT2D eigenvalue weighted by molar-refractivity contribution is 0.387. The van der Waals surface area contributed by atoms with E-state index in [1.165, 1.54) is 128 Å². The minimum atomic E-state index is 0.650. The average molecular weight is 397 g/mol. The largest absolute Gasteiger partial charge is 0.373 e. The van der Waals surface area contributed by atoms with E-state index < -0.39 is 0 Å². The van der Waals surface area contributed by atoms with Crippen molar-refractivity contribution in [3.05, 3.63) is 0 Å². The Morgan fingerprint density at radius 1 is 0.429 bits per heavy atom. The quantitative estimate of drug-likeness (QED) is 0.152. The standard InChI is InChI=1S/C18H36O.C8H16O/c1-2-3-4-5-6-7-8-9-10-11-12-13-14-15-16-18-17-19-18;1-2-3-4-5-6-8-7-9-8/h18H,2-17H2,1H3;8H,2-7H2,1H3. The van der Waals surface area contributed by atoms with E-state index in [4.69, 9.17) is 9.47 Å². The molecule has 2 fully saturated rings. The van der Waals surface area contributed by atoms with Crippen molar-refractivity contribution in [2.75, 3.05) is 13.2 Å². The number of ether oxygens (including phenoxy) is 2. The average Bonchev–Trinajstić information content (AvgIpc) is 3.61. The molecular formula is C26H52O2. The van der Waals surface area contributed by atoms with Gasteiger partial charge >= 0.3 is 0 Å². The summed E-state index contributed by atoms with van der Waals surface area (Å²) in [6.07, 6.45) is 29.7. The van der Waals surface area contributed by atoms with Crippen LogP contribution in [-0.2, 0) is 9.47 Å². The third kappa shape index (κ3) is 20.6. The van der Waals surface area contributed by atoms with E-state index in [2.05, 4.69) is 13.8 Å². The number of hydrogen-bond acceptors (Lipinski definition) is 2. The van der Waals surface area contributed by atoms with Gasteiger partial charge < -0.3 is 9.47 Å². The molecule has 2 atom stereocenters. The highest BCUT2D eigenvalue weighted by Gasteiger charge is 2.21. The predicted molar refractivity (Wildman–Crippen MR) is 123 cm³/mol. The van der Waals surface area contributed by atoms with E-state index in [-0.39, 0.29) is 0 Å². The summed E-state index contributed by atoms with van der Waals surface area (Å²) in [5.74, 6) is 0. The first kappa shape index (κ1) is 26.0. The van der Waals surface area contributed by atoms with Crippen LogP contribution >= 0.6 is 0 Å². The zero-order chi connectivity index (χ0) is 20.1. The molecule has 0 amide bonds. The van der Waals surface area contributed by atoms with Gasteiger partial charge in [0.05, 0.1) is 25.4 Å². The van der Waals surface area contributed by atoms with Crippen molar-refractivity contribution in [1.29, 1.82) is 0 Å². The highest BCUT2D eigenvalue weighted by molar-refractivity contribution is 4.68. The summed E-state index contributed by atoms with van der Waals surface area (Å²) in [6.45, 7) is 6.61. The molecule has 0 N–H and O–H groups in total. The fraction of sp³-hybridized carbons (Fsp3) is 1.00. The van der Waals surface area contributed by atoms with Crippen LogP contribution in [0.4, 0.5) is 0 Å². The Bertz CT molecular complexity index is 297. The van der Waals surface area contributed by atoms with Crippen molar-refractivity contribution in [3.8, 4) is 0 Å². The molecule has 0 aromatic rings. The molecule has 2 nitrogen and oxygen atoms in total. The maximum Gasteiger partial charge on any atom is 0.0810 e. The lowest BCUT2D eigenvalue weighted by Crippen LogP contribution is -1.86. The van der Waals surface area contributed by atoms with Gasteiger partial charge in [0.25, 0.3) is 0 Å². The van der Waals surface area contributed by atoms with Crippen molar-refractivity contribution in [2.45, 2.75) is 154 Å². The summed E-state index contributed by atoms with van der Waals surface area (Å²) >= 11 is 0. The van der Waals surface area contributed by atoms with Crippen LogP contribution in [0.25, 0.3) is 0 Å². The van der Waals surface area contributed by atoms with E-state index in [1.807, 2.05) is 0 Å². The van der Waals surface area contributed by atoms with Crippen molar-refractivity contribution in [3.63, 3.8) is 0 Å².